The van der Waals surface area contributed by atoms with Crippen LogP contribution in [-0.4, -0.2) is 36.9 Å². The van der Waals surface area contributed by atoms with Crippen LogP contribution in [-0.2, 0) is 20.9 Å². The Labute approximate surface area is 184 Å². The summed E-state index contributed by atoms with van der Waals surface area (Å²) in [6.07, 6.45) is 2.11. The van der Waals surface area contributed by atoms with Gasteiger partial charge in [-0.1, -0.05) is 23.4 Å². The summed E-state index contributed by atoms with van der Waals surface area (Å²) in [7, 11) is 1.59. The number of carbonyl (C=O) groups is 2. The highest BCUT2D eigenvalue weighted by atomic mass is 32.2. The Morgan fingerprint density at radius 2 is 2.06 bits per heavy atom. The van der Waals surface area contributed by atoms with E-state index in [4.69, 9.17) is 14.0 Å². The number of esters is 1. The molecule has 1 fully saturated rings. The molecular formula is C23H22N2O5S. The van der Waals surface area contributed by atoms with Crippen LogP contribution in [0.1, 0.15) is 12.2 Å². The number of methoxy groups -OCH3 is 1. The van der Waals surface area contributed by atoms with Crippen molar-refractivity contribution in [3.05, 3.63) is 60.4 Å². The second kappa shape index (κ2) is 9.26. The van der Waals surface area contributed by atoms with E-state index in [0.29, 0.717) is 23.7 Å². The van der Waals surface area contributed by atoms with Crippen molar-refractivity contribution in [1.29, 1.82) is 0 Å². The number of nitrogens with zero attached hydrogens (tertiary/aromatic N) is 2. The van der Waals surface area contributed by atoms with Crippen LogP contribution in [0.4, 0.5) is 5.69 Å². The number of ether oxygens (including phenoxy) is 2. The topological polar surface area (TPSA) is 81.9 Å². The van der Waals surface area contributed by atoms with Gasteiger partial charge >= 0.3 is 5.97 Å². The Kier molecular flexibility index (Phi) is 6.27. The predicted octanol–water partition coefficient (Wildman–Crippen LogP) is 4.17. The van der Waals surface area contributed by atoms with Crippen LogP contribution in [0.2, 0.25) is 0 Å². The number of hydrogen-bond acceptors (Lipinski definition) is 7. The van der Waals surface area contributed by atoms with E-state index in [-0.39, 0.29) is 18.9 Å². The first-order valence-corrected chi connectivity index (χ1v) is 11.0. The number of anilines is 1. The minimum Gasteiger partial charge on any atom is -0.496 e. The molecule has 160 valence electrons. The molecule has 2 heterocycles. The van der Waals surface area contributed by atoms with Gasteiger partial charge in [0.1, 0.15) is 11.4 Å². The molecular weight excluding hydrogens is 416 g/mol. The first kappa shape index (κ1) is 21.0. The van der Waals surface area contributed by atoms with Crippen molar-refractivity contribution in [3.63, 3.8) is 0 Å². The smallest absolute Gasteiger partial charge is 0.311 e. The Morgan fingerprint density at radius 3 is 2.87 bits per heavy atom. The first-order chi connectivity index (χ1) is 15.1. The quantitative estimate of drug-likeness (QED) is 0.404. The zero-order chi connectivity index (χ0) is 21.8. The number of carbonyl (C=O) groups excluding carboxylic acids is 2. The third-order valence-corrected chi connectivity index (χ3v) is 5.85. The minimum absolute atomic E-state index is 0.0480. The van der Waals surface area contributed by atoms with Crippen molar-refractivity contribution >= 4 is 29.3 Å². The number of rotatable bonds is 7. The lowest BCUT2D eigenvalue weighted by molar-refractivity contribution is -0.150. The molecule has 0 N–H and O–H groups in total. The van der Waals surface area contributed by atoms with Crippen LogP contribution in [0.25, 0.3) is 11.3 Å². The summed E-state index contributed by atoms with van der Waals surface area (Å²) in [5.41, 5.74) is 2.18. The summed E-state index contributed by atoms with van der Waals surface area (Å²) in [6.45, 7) is 0.256. The zero-order valence-electron chi connectivity index (χ0n) is 17.2. The van der Waals surface area contributed by atoms with Gasteiger partial charge in [0, 0.05) is 35.2 Å². The van der Waals surface area contributed by atoms with Crippen LogP contribution in [0.3, 0.4) is 0 Å². The average molecular weight is 439 g/mol. The van der Waals surface area contributed by atoms with Gasteiger partial charge in [0.15, 0.2) is 12.4 Å². The van der Waals surface area contributed by atoms with Gasteiger partial charge in [-0.3, -0.25) is 9.59 Å². The van der Waals surface area contributed by atoms with Crippen molar-refractivity contribution in [2.75, 3.05) is 24.8 Å². The fraction of sp³-hybridized carbons (Fsp3) is 0.261. The molecule has 1 amide bonds. The molecule has 1 aliphatic rings. The first-order valence-electron chi connectivity index (χ1n) is 9.79. The van der Waals surface area contributed by atoms with Crippen LogP contribution < -0.4 is 9.64 Å². The SMILES string of the molecule is COc1ccccc1-c1cc(COC(=O)[C@H]2CC(=O)N(c3cccc(SC)c3)C2)on1. The Balaban J connectivity index is 1.37. The van der Waals surface area contributed by atoms with Crippen molar-refractivity contribution < 1.29 is 23.6 Å². The molecule has 1 saturated heterocycles. The van der Waals surface area contributed by atoms with E-state index in [1.807, 2.05) is 54.8 Å². The number of aromatic nitrogens is 1. The maximum atomic E-state index is 12.6. The van der Waals surface area contributed by atoms with Gasteiger partial charge in [0.05, 0.1) is 13.0 Å². The number of hydrogen-bond donors (Lipinski definition) is 0. The van der Waals surface area contributed by atoms with Crippen molar-refractivity contribution in [2.24, 2.45) is 5.92 Å². The summed E-state index contributed by atoms with van der Waals surface area (Å²) >= 11 is 1.60. The standard InChI is InChI=1S/C23H22N2O5S/c1-28-21-9-4-3-8-19(21)20-12-17(30-24-20)14-29-23(27)15-10-22(26)25(13-15)16-6-5-7-18(11-16)31-2/h3-9,11-12,15H,10,13-14H2,1-2H3/t15-/m0/s1. The summed E-state index contributed by atoms with van der Waals surface area (Å²) in [5, 5.41) is 4.04. The Hall–Kier alpha value is -3.26. The molecule has 0 spiro atoms. The van der Waals surface area contributed by atoms with Crippen molar-refractivity contribution in [2.45, 2.75) is 17.9 Å². The van der Waals surface area contributed by atoms with Gasteiger partial charge in [-0.15, -0.1) is 11.8 Å². The van der Waals surface area contributed by atoms with Crippen LogP contribution in [0.5, 0.6) is 5.75 Å². The van der Waals surface area contributed by atoms with Crippen LogP contribution in [0.15, 0.2) is 64.0 Å². The van der Waals surface area contributed by atoms with Crippen LogP contribution in [0, 0.1) is 5.92 Å². The number of thioether (sulfide) groups is 1. The molecule has 0 unspecified atom stereocenters. The van der Waals surface area contributed by atoms with E-state index in [1.165, 1.54) is 0 Å². The highest BCUT2D eigenvalue weighted by molar-refractivity contribution is 7.98. The molecule has 8 heteroatoms. The zero-order valence-corrected chi connectivity index (χ0v) is 18.1. The molecule has 0 aliphatic carbocycles. The van der Waals surface area contributed by atoms with E-state index in [9.17, 15) is 9.59 Å². The Morgan fingerprint density at radius 1 is 1.23 bits per heavy atom. The summed E-state index contributed by atoms with van der Waals surface area (Å²) in [6, 6.07) is 16.9. The van der Waals surface area contributed by atoms with Gasteiger partial charge in [0.25, 0.3) is 0 Å². The van der Waals surface area contributed by atoms with Gasteiger partial charge in [-0.05, 0) is 36.6 Å². The molecule has 4 rings (SSSR count). The molecule has 2 aromatic carbocycles. The summed E-state index contributed by atoms with van der Waals surface area (Å²) < 4.78 is 16.1. The molecule has 0 saturated carbocycles. The lowest BCUT2D eigenvalue weighted by Crippen LogP contribution is -2.26. The largest absolute Gasteiger partial charge is 0.496 e. The van der Waals surface area contributed by atoms with E-state index >= 15 is 0 Å². The van der Waals surface area contributed by atoms with Gasteiger partial charge < -0.3 is 18.9 Å². The molecule has 0 radical (unpaired) electrons. The number of para-hydroxylation sites is 1. The third kappa shape index (κ3) is 4.59. The predicted molar refractivity (Wildman–Crippen MR) is 117 cm³/mol. The van der Waals surface area contributed by atoms with Crippen molar-refractivity contribution in [1.82, 2.24) is 5.16 Å². The maximum absolute atomic E-state index is 12.6. The summed E-state index contributed by atoms with van der Waals surface area (Å²) in [4.78, 5) is 27.7. The van der Waals surface area contributed by atoms with Gasteiger partial charge in [-0.25, -0.2) is 0 Å². The van der Waals surface area contributed by atoms with Gasteiger partial charge in [0.2, 0.25) is 5.91 Å². The lowest BCUT2D eigenvalue weighted by atomic mass is 10.1. The lowest BCUT2D eigenvalue weighted by Gasteiger charge is -2.17. The van der Waals surface area contributed by atoms with Gasteiger partial charge in [-0.2, -0.15) is 0 Å². The van der Waals surface area contributed by atoms with E-state index in [1.54, 1.807) is 29.8 Å². The average Bonchev–Trinajstić information content (AvgIpc) is 3.44. The second-order valence-corrected chi connectivity index (χ2v) is 7.97. The number of benzene rings is 2. The van der Waals surface area contributed by atoms with E-state index in [2.05, 4.69) is 5.16 Å². The van der Waals surface area contributed by atoms with E-state index in [0.717, 1.165) is 16.1 Å². The molecule has 1 aromatic heterocycles. The van der Waals surface area contributed by atoms with Crippen molar-refractivity contribution in [3.8, 4) is 17.0 Å². The normalized spacial score (nSPS) is 15.9. The Bertz CT molecular complexity index is 1100. The van der Waals surface area contributed by atoms with E-state index < -0.39 is 11.9 Å². The fourth-order valence-corrected chi connectivity index (χ4v) is 3.97. The summed E-state index contributed by atoms with van der Waals surface area (Å²) in [5.74, 6) is 0.0741. The minimum atomic E-state index is -0.512. The molecule has 31 heavy (non-hydrogen) atoms. The highest BCUT2D eigenvalue weighted by Gasteiger charge is 2.36. The number of amides is 1. The fourth-order valence-electron chi connectivity index (χ4n) is 3.52. The molecule has 3 aromatic rings. The highest BCUT2D eigenvalue weighted by Crippen LogP contribution is 2.30. The second-order valence-electron chi connectivity index (χ2n) is 7.09. The molecule has 0 bridgehead atoms. The maximum Gasteiger partial charge on any atom is 0.311 e. The molecule has 7 nitrogen and oxygen atoms in total. The monoisotopic (exact) mass is 438 g/mol. The third-order valence-electron chi connectivity index (χ3n) is 5.12. The molecule has 1 atom stereocenters. The molecule has 1 aliphatic heterocycles. The van der Waals surface area contributed by atoms with Crippen LogP contribution >= 0.6 is 11.8 Å².